The van der Waals surface area contributed by atoms with Gasteiger partial charge in [0.1, 0.15) is 48.5 Å². The number of nitrogens with zero attached hydrogens (tertiary/aromatic N) is 6. The summed E-state index contributed by atoms with van der Waals surface area (Å²) < 4.78 is 51.3. The van der Waals surface area contributed by atoms with Crippen LogP contribution >= 0.6 is 25.8 Å². The van der Waals surface area contributed by atoms with Crippen molar-refractivity contribution in [2.45, 2.75) is 49.1 Å². The average molecular weight is 674 g/mol. The molecule has 5 N–H and O–H groups in total. The van der Waals surface area contributed by atoms with E-state index in [1.807, 2.05) is 6.07 Å². The number of anilines is 1. The molecule has 0 radical (unpaired) electrons. The number of nitrogens with two attached hydrogens (primary N) is 1. The number of imidazole rings is 2. The molecule has 0 aliphatic carbocycles. The molecule has 0 saturated carbocycles. The summed E-state index contributed by atoms with van der Waals surface area (Å²) in [5, 5.41) is 22.4. The Morgan fingerprint density at radius 2 is 1.58 bits per heavy atom. The number of fused-ring (bicyclic) bond motifs is 6. The molecular weight excluding hydrogens is 648 g/mol. The van der Waals surface area contributed by atoms with Gasteiger partial charge in [-0.25, -0.2) is 24.5 Å². The van der Waals surface area contributed by atoms with Gasteiger partial charge >= 0.3 is 13.5 Å². The predicted molar refractivity (Wildman–Crippen MR) is 154 cm³/mol. The van der Waals surface area contributed by atoms with Gasteiger partial charge in [-0.3, -0.25) is 18.1 Å². The van der Waals surface area contributed by atoms with E-state index in [0.29, 0.717) is 11.0 Å². The molecule has 3 aromatic heterocycles. The number of aliphatic hydroxyl groups is 2. The Labute approximate surface area is 252 Å². The normalized spacial score (nSPS) is 38.9. The SMILES string of the molecule is Nc1ncnc2c1ncn2[C@@H]1O[C@@H]2COP(O)(=S)OC3[C@@H](O)[C@@H](COP(=O)(S)O[C@H]1C2O)O[C@H]3n1cnc2ccccc21. The van der Waals surface area contributed by atoms with E-state index in [0.717, 1.165) is 0 Å². The van der Waals surface area contributed by atoms with E-state index < -0.39 is 75.8 Å². The van der Waals surface area contributed by atoms with E-state index in [2.05, 4.69) is 32.2 Å². The van der Waals surface area contributed by atoms with Crippen molar-refractivity contribution in [3.63, 3.8) is 0 Å². The van der Waals surface area contributed by atoms with E-state index in [9.17, 15) is 19.7 Å². The summed E-state index contributed by atoms with van der Waals surface area (Å²) in [4.78, 5) is 27.7. The Balaban J connectivity index is 1.22. The highest BCUT2D eigenvalue weighted by molar-refractivity contribution is 8.44. The molecule has 10 atom stereocenters. The molecule has 4 unspecified atom stereocenters. The number of para-hydroxylation sites is 2. The van der Waals surface area contributed by atoms with Gasteiger partial charge in [-0.05, 0) is 23.9 Å². The van der Waals surface area contributed by atoms with E-state index in [1.165, 1.54) is 23.5 Å². The quantitative estimate of drug-likeness (QED) is 0.148. The van der Waals surface area contributed by atoms with Crippen LogP contribution in [0.15, 0.2) is 43.2 Å². The van der Waals surface area contributed by atoms with Gasteiger partial charge in [0.05, 0.1) is 36.9 Å². The summed E-state index contributed by atoms with van der Waals surface area (Å²) in [5.74, 6) is 0.106. The third-order valence-electron chi connectivity index (χ3n) is 7.36. The Morgan fingerprint density at radius 3 is 2.35 bits per heavy atom. The highest BCUT2D eigenvalue weighted by Crippen LogP contribution is 2.58. The number of aliphatic hydroxyl groups excluding tert-OH is 2. The van der Waals surface area contributed by atoms with Gasteiger partial charge in [0.15, 0.2) is 23.9 Å². The maximum Gasteiger partial charge on any atom is 0.386 e. The third-order valence-corrected chi connectivity index (χ3v) is 10.5. The molecule has 4 bridgehead atoms. The summed E-state index contributed by atoms with van der Waals surface area (Å²) in [5.41, 5.74) is 7.72. The summed E-state index contributed by atoms with van der Waals surface area (Å²) in [6.07, 6.45) is -5.99. The van der Waals surface area contributed by atoms with Crippen LogP contribution in [0.5, 0.6) is 0 Å². The average Bonchev–Trinajstić information content (AvgIpc) is 3.72. The van der Waals surface area contributed by atoms with Crippen LogP contribution in [-0.2, 0) is 43.9 Å². The zero-order chi connectivity index (χ0) is 30.1. The fourth-order valence-electron chi connectivity index (χ4n) is 5.33. The second kappa shape index (κ2) is 11.1. The first-order chi connectivity index (χ1) is 20.5. The Morgan fingerprint density at radius 1 is 0.930 bits per heavy atom. The van der Waals surface area contributed by atoms with E-state index in [4.69, 9.17) is 45.1 Å². The largest absolute Gasteiger partial charge is 0.387 e. The first-order valence-electron chi connectivity index (χ1n) is 12.8. The number of nitrogen functional groups attached to an aromatic ring is 1. The van der Waals surface area contributed by atoms with Crippen LogP contribution in [0.25, 0.3) is 22.2 Å². The van der Waals surface area contributed by atoms with Crippen LogP contribution in [-0.4, -0.2) is 94.0 Å². The first-order valence-corrected chi connectivity index (χ1v) is 18.1. The molecule has 3 saturated heterocycles. The molecule has 3 aliphatic rings. The van der Waals surface area contributed by atoms with Gasteiger partial charge in [0, 0.05) is 0 Å². The molecule has 7 rings (SSSR count). The molecule has 0 spiro atoms. The van der Waals surface area contributed by atoms with Gasteiger partial charge in [-0.2, -0.15) is 0 Å². The minimum Gasteiger partial charge on any atom is -0.387 e. The Bertz CT molecular complexity index is 1780. The molecule has 4 aromatic rings. The van der Waals surface area contributed by atoms with Crippen LogP contribution in [0.2, 0.25) is 0 Å². The maximum atomic E-state index is 13.5. The molecule has 6 heterocycles. The molecule has 1 aromatic carbocycles. The Hall–Kier alpha value is -2.09. The van der Waals surface area contributed by atoms with Crippen molar-refractivity contribution in [3.05, 3.63) is 43.2 Å². The predicted octanol–water partition coefficient (Wildman–Crippen LogP) is 1.05. The summed E-state index contributed by atoms with van der Waals surface area (Å²) in [6.45, 7) is -9.30. The highest BCUT2D eigenvalue weighted by atomic mass is 32.7. The number of hydrogen-bond donors (Lipinski definition) is 5. The summed E-state index contributed by atoms with van der Waals surface area (Å²) in [7, 11) is 0. The fourth-order valence-corrected chi connectivity index (χ4v) is 8.20. The lowest BCUT2D eigenvalue weighted by Gasteiger charge is -2.27. The molecule has 3 aliphatic heterocycles. The van der Waals surface area contributed by atoms with Crippen LogP contribution < -0.4 is 5.73 Å². The van der Waals surface area contributed by atoms with Crippen LogP contribution in [0.4, 0.5) is 5.82 Å². The number of rotatable bonds is 2. The minimum absolute atomic E-state index is 0.106. The lowest BCUT2D eigenvalue weighted by atomic mass is 10.1. The number of hydrogen-bond acceptors (Lipinski definition) is 15. The number of benzene rings is 1. The van der Waals surface area contributed by atoms with E-state index in [1.54, 1.807) is 22.8 Å². The van der Waals surface area contributed by atoms with Crippen molar-refractivity contribution in [2.24, 2.45) is 0 Å². The lowest BCUT2D eigenvalue weighted by Crippen LogP contribution is -2.37. The molecule has 230 valence electrons. The number of thiol groups is 1. The van der Waals surface area contributed by atoms with Crippen LogP contribution in [0.3, 0.4) is 0 Å². The molecular formula is C22H25N7O10P2S2. The molecule has 21 heteroatoms. The maximum absolute atomic E-state index is 13.5. The molecule has 43 heavy (non-hydrogen) atoms. The van der Waals surface area contributed by atoms with Gasteiger partial charge in [-0.15, -0.1) is 0 Å². The van der Waals surface area contributed by atoms with Gasteiger partial charge in [0.2, 0.25) is 0 Å². The van der Waals surface area contributed by atoms with Crippen molar-refractivity contribution in [1.82, 2.24) is 29.1 Å². The first kappa shape index (κ1) is 29.6. The monoisotopic (exact) mass is 673 g/mol. The standard InChI is InChI=1S/C22H25N7O10P2S2/c23-19-14-20(25-7-24-19)29(9-27-14)22-18-16(31)13(37-22)6-35-40(32,42)38-17-15(30)12(5-34-41(33,43)39-18)36-21(17)28-8-26-10-3-1-2-4-11(10)28/h1-4,7-9,12-13,15-18,21-22,30-31H,5-6H2,(H,32,42)(H,33,43)(H2,23,24,25)/t12-,13-,15+,16?,17?,18+,21-,22-,40?,41?/m1/s1. The zero-order valence-electron chi connectivity index (χ0n) is 21.8. The molecule has 3 fully saturated rings. The Kier molecular flexibility index (Phi) is 7.62. The zero-order valence-corrected chi connectivity index (χ0v) is 25.3. The summed E-state index contributed by atoms with van der Waals surface area (Å²) in [6, 6.07) is 7.20. The van der Waals surface area contributed by atoms with Gasteiger partial charge in [-0.1, -0.05) is 24.4 Å². The van der Waals surface area contributed by atoms with Crippen molar-refractivity contribution >= 4 is 65.6 Å². The van der Waals surface area contributed by atoms with Crippen LogP contribution in [0.1, 0.15) is 12.5 Å². The number of aromatic nitrogens is 6. The van der Waals surface area contributed by atoms with Crippen LogP contribution in [0, 0.1) is 0 Å². The fraction of sp³-hybridized carbons (Fsp3) is 0.455. The van der Waals surface area contributed by atoms with E-state index >= 15 is 0 Å². The molecule has 17 nitrogen and oxygen atoms in total. The van der Waals surface area contributed by atoms with Crippen molar-refractivity contribution in [1.29, 1.82) is 0 Å². The van der Waals surface area contributed by atoms with Crippen molar-refractivity contribution in [2.75, 3.05) is 18.9 Å². The topological polar surface area (TPSA) is 221 Å². The smallest absolute Gasteiger partial charge is 0.386 e. The molecule has 0 amide bonds. The summed E-state index contributed by atoms with van der Waals surface area (Å²) >= 11 is 9.40. The second-order valence-electron chi connectivity index (χ2n) is 10.0. The highest BCUT2D eigenvalue weighted by Gasteiger charge is 2.52. The van der Waals surface area contributed by atoms with Gasteiger partial charge in [0.25, 0.3) is 0 Å². The van der Waals surface area contributed by atoms with E-state index in [-0.39, 0.29) is 17.0 Å². The van der Waals surface area contributed by atoms with Gasteiger partial charge < -0.3 is 39.4 Å². The van der Waals surface area contributed by atoms with Crippen molar-refractivity contribution in [3.8, 4) is 0 Å². The third kappa shape index (κ3) is 5.42. The lowest BCUT2D eigenvalue weighted by molar-refractivity contribution is -0.0599. The minimum atomic E-state index is -4.25. The number of ether oxygens (including phenoxy) is 2. The second-order valence-corrected chi connectivity index (χ2v) is 15.7. The van der Waals surface area contributed by atoms with Crippen molar-refractivity contribution < 1.29 is 47.2 Å².